The van der Waals surface area contributed by atoms with Crippen molar-refractivity contribution in [1.29, 1.82) is 5.26 Å². The van der Waals surface area contributed by atoms with Crippen LogP contribution >= 0.6 is 0 Å². The lowest BCUT2D eigenvalue weighted by atomic mass is 9.98. The summed E-state index contributed by atoms with van der Waals surface area (Å²) >= 11 is 0. The van der Waals surface area contributed by atoms with E-state index in [1.807, 2.05) is 0 Å². The molecule has 0 saturated carbocycles. The first kappa shape index (κ1) is 15.8. The smallest absolute Gasteiger partial charge is 0.337 e. The molecule has 0 aliphatic carbocycles. The third-order valence-electron chi connectivity index (χ3n) is 3.87. The minimum atomic E-state index is -1.02. The highest BCUT2D eigenvalue weighted by molar-refractivity contribution is 5.98. The van der Waals surface area contributed by atoms with Gasteiger partial charge in [-0.05, 0) is 37.0 Å². The number of nitrogens with zero attached hydrogens (tertiary/aromatic N) is 2. The Morgan fingerprint density at radius 2 is 2.09 bits per heavy atom. The maximum absolute atomic E-state index is 11.5. The number of benzene rings is 1. The highest BCUT2D eigenvalue weighted by Crippen LogP contribution is 2.28. The number of hydrogen-bond donors (Lipinski definition) is 2. The van der Waals surface area contributed by atoms with E-state index in [1.165, 1.54) is 6.07 Å². The quantitative estimate of drug-likeness (QED) is 0.891. The first-order chi connectivity index (χ1) is 10.5. The minimum absolute atomic E-state index is 0.171. The third kappa shape index (κ3) is 3.76. The summed E-state index contributed by atoms with van der Waals surface area (Å²) in [5, 5.41) is 20.4. The highest BCUT2D eigenvalue weighted by atomic mass is 16.4. The summed E-state index contributed by atoms with van der Waals surface area (Å²) in [5.74, 6) is -0.808. The summed E-state index contributed by atoms with van der Waals surface area (Å²) in [4.78, 5) is 25.0. The van der Waals surface area contributed by atoms with Crippen LogP contribution in [0.3, 0.4) is 0 Å². The molecule has 1 aromatic rings. The van der Waals surface area contributed by atoms with Crippen LogP contribution in [0, 0.1) is 17.2 Å². The summed E-state index contributed by atoms with van der Waals surface area (Å²) in [6.45, 7) is 3.87. The number of nitriles is 1. The van der Waals surface area contributed by atoms with Crippen LogP contribution in [0.4, 0.5) is 11.4 Å². The topological polar surface area (TPSA) is 93.4 Å². The molecule has 6 nitrogen and oxygen atoms in total. The van der Waals surface area contributed by atoms with Crippen LogP contribution in [-0.2, 0) is 4.79 Å². The number of rotatable bonds is 4. The first-order valence-corrected chi connectivity index (χ1v) is 7.30. The van der Waals surface area contributed by atoms with Gasteiger partial charge in [0.2, 0.25) is 5.91 Å². The summed E-state index contributed by atoms with van der Waals surface area (Å²) in [7, 11) is 0. The number of anilines is 2. The van der Waals surface area contributed by atoms with E-state index in [1.54, 1.807) is 18.2 Å². The Hall–Kier alpha value is -2.55. The van der Waals surface area contributed by atoms with Crippen molar-refractivity contribution in [1.82, 2.24) is 0 Å². The third-order valence-corrected chi connectivity index (χ3v) is 3.87. The van der Waals surface area contributed by atoms with E-state index in [0.717, 1.165) is 25.9 Å². The first-order valence-electron chi connectivity index (χ1n) is 7.30. The SMILES string of the molecule is CC1CCN(c2ccc(NC(=O)CC#N)cc2C(=O)O)CC1. The van der Waals surface area contributed by atoms with Gasteiger partial charge in [-0.25, -0.2) is 4.79 Å². The second-order valence-electron chi connectivity index (χ2n) is 5.59. The standard InChI is InChI=1S/C16H19N3O3/c1-11-5-8-19(9-6-11)14-3-2-12(10-13(14)16(21)22)18-15(20)4-7-17/h2-3,10-11H,4-6,8-9H2,1H3,(H,18,20)(H,21,22). The van der Waals surface area contributed by atoms with E-state index in [9.17, 15) is 14.7 Å². The fraction of sp³-hybridized carbons (Fsp3) is 0.438. The van der Waals surface area contributed by atoms with Crippen molar-refractivity contribution in [2.24, 2.45) is 5.92 Å². The van der Waals surface area contributed by atoms with E-state index in [-0.39, 0.29) is 12.0 Å². The molecule has 1 amide bonds. The van der Waals surface area contributed by atoms with Gasteiger partial charge in [0.15, 0.2) is 0 Å². The second kappa shape index (κ2) is 6.94. The van der Waals surface area contributed by atoms with Gasteiger partial charge in [0.25, 0.3) is 0 Å². The van der Waals surface area contributed by atoms with E-state index >= 15 is 0 Å². The van der Waals surface area contributed by atoms with E-state index < -0.39 is 11.9 Å². The molecule has 0 spiro atoms. The lowest BCUT2D eigenvalue weighted by Crippen LogP contribution is -2.33. The molecule has 0 atom stereocenters. The number of piperidine rings is 1. The summed E-state index contributed by atoms with van der Waals surface area (Å²) in [6, 6.07) is 6.60. The minimum Gasteiger partial charge on any atom is -0.478 e. The molecule has 0 radical (unpaired) electrons. The number of hydrogen-bond acceptors (Lipinski definition) is 4. The molecule has 0 unspecified atom stereocenters. The Balaban J connectivity index is 2.22. The molecule has 0 aromatic heterocycles. The Labute approximate surface area is 129 Å². The maximum atomic E-state index is 11.5. The molecule has 116 valence electrons. The lowest BCUT2D eigenvalue weighted by Gasteiger charge is -2.33. The van der Waals surface area contributed by atoms with Crippen LogP contribution < -0.4 is 10.2 Å². The van der Waals surface area contributed by atoms with Gasteiger partial charge < -0.3 is 15.3 Å². The number of carbonyl (C=O) groups is 2. The van der Waals surface area contributed by atoms with E-state index in [0.29, 0.717) is 17.3 Å². The predicted octanol–water partition coefficient (Wildman–Crippen LogP) is 2.47. The second-order valence-corrected chi connectivity index (χ2v) is 5.59. The number of carboxylic acid groups (broad SMARTS) is 1. The van der Waals surface area contributed by atoms with Gasteiger partial charge in [-0.2, -0.15) is 5.26 Å². The van der Waals surface area contributed by atoms with Gasteiger partial charge in [-0.1, -0.05) is 6.92 Å². The van der Waals surface area contributed by atoms with Crippen LogP contribution in [0.15, 0.2) is 18.2 Å². The van der Waals surface area contributed by atoms with Crippen molar-refractivity contribution in [2.75, 3.05) is 23.3 Å². The van der Waals surface area contributed by atoms with Gasteiger partial charge in [-0.3, -0.25) is 4.79 Å². The van der Waals surface area contributed by atoms with Crippen LogP contribution in [0.2, 0.25) is 0 Å². The molecular weight excluding hydrogens is 282 g/mol. The zero-order chi connectivity index (χ0) is 16.1. The molecule has 22 heavy (non-hydrogen) atoms. The summed E-state index contributed by atoms with van der Waals surface area (Å²) in [5.41, 5.74) is 1.24. The van der Waals surface area contributed by atoms with Crippen molar-refractivity contribution in [2.45, 2.75) is 26.2 Å². The Morgan fingerprint density at radius 3 is 2.68 bits per heavy atom. The Morgan fingerprint density at radius 1 is 1.41 bits per heavy atom. The number of carbonyl (C=O) groups excluding carboxylic acids is 1. The molecule has 0 bridgehead atoms. The molecule has 1 aromatic carbocycles. The zero-order valence-electron chi connectivity index (χ0n) is 12.5. The van der Waals surface area contributed by atoms with Crippen molar-refractivity contribution in [3.05, 3.63) is 23.8 Å². The van der Waals surface area contributed by atoms with Crippen molar-refractivity contribution in [3.63, 3.8) is 0 Å². The monoisotopic (exact) mass is 301 g/mol. The van der Waals surface area contributed by atoms with Crippen molar-refractivity contribution in [3.8, 4) is 6.07 Å². The highest BCUT2D eigenvalue weighted by Gasteiger charge is 2.21. The van der Waals surface area contributed by atoms with E-state index in [2.05, 4.69) is 17.1 Å². The molecule has 1 heterocycles. The van der Waals surface area contributed by atoms with Crippen LogP contribution in [0.1, 0.15) is 36.5 Å². The molecule has 1 aliphatic heterocycles. The number of carboxylic acids is 1. The number of aromatic carboxylic acids is 1. The summed E-state index contributed by atoms with van der Waals surface area (Å²) < 4.78 is 0. The van der Waals surface area contributed by atoms with Gasteiger partial charge in [0.1, 0.15) is 6.42 Å². The van der Waals surface area contributed by atoms with Crippen LogP contribution in [0.5, 0.6) is 0 Å². The molecule has 2 rings (SSSR count). The van der Waals surface area contributed by atoms with Crippen LogP contribution in [-0.4, -0.2) is 30.1 Å². The van der Waals surface area contributed by atoms with Crippen molar-refractivity contribution < 1.29 is 14.7 Å². The molecule has 1 fully saturated rings. The Bertz CT molecular complexity index is 614. The largest absolute Gasteiger partial charge is 0.478 e. The average molecular weight is 301 g/mol. The molecule has 6 heteroatoms. The lowest BCUT2D eigenvalue weighted by molar-refractivity contribution is -0.115. The fourth-order valence-corrected chi connectivity index (χ4v) is 2.59. The van der Waals surface area contributed by atoms with Gasteiger partial charge in [0, 0.05) is 18.8 Å². The molecule has 1 saturated heterocycles. The van der Waals surface area contributed by atoms with Gasteiger partial charge >= 0.3 is 5.97 Å². The zero-order valence-corrected chi connectivity index (χ0v) is 12.5. The average Bonchev–Trinajstić information content (AvgIpc) is 2.48. The Kier molecular flexibility index (Phi) is 4.99. The van der Waals surface area contributed by atoms with Crippen LogP contribution in [0.25, 0.3) is 0 Å². The maximum Gasteiger partial charge on any atom is 0.337 e. The number of nitrogens with one attached hydrogen (secondary N) is 1. The normalized spacial score (nSPS) is 15.2. The molecule has 1 aliphatic rings. The number of amides is 1. The fourth-order valence-electron chi connectivity index (χ4n) is 2.59. The van der Waals surface area contributed by atoms with Crippen molar-refractivity contribution >= 4 is 23.3 Å². The van der Waals surface area contributed by atoms with E-state index in [4.69, 9.17) is 5.26 Å². The summed E-state index contributed by atoms with van der Waals surface area (Å²) in [6.07, 6.45) is 1.83. The van der Waals surface area contributed by atoms with Gasteiger partial charge in [-0.15, -0.1) is 0 Å². The van der Waals surface area contributed by atoms with Gasteiger partial charge in [0.05, 0.1) is 17.3 Å². The molecular formula is C16H19N3O3. The predicted molar refractivity (Wildman–Crippen MR) is 82.9 cm³/mol. The molecule has 2 N–H and O–H groups in total.